The molecule has 8 heteroatoms. The van der Waals surface area contributed by atoms with Crippen molar-refractivity contribution in [3.05, 3.63) is 65.5 Å². The molecule has 3 aromatic rings. The molecule has 1 N–H and O–H groups in total. The normalized spacial score (nSPS) is 17.8. The number of nitrogens with zero attached hydrogens (tertiary/aromatic N) is 4. The smallest absolute Gasteiger partial charge is 0.246 e. The van der Waals surface area contributed by atoms with Crippen LogP contribution in [0, 0.1) is 18.6 Å². The van der Waals surface area contributed by atoms with E-state index in [1.165, 1.54) is 22.6 Å². The highest BCUT2D eigenvalue weighted by atomic mass is 19.2. The Bertz CT molecular complexity index is 1050. The highest BCUT2D eigenvalue weighted by Gasteiger charge is 2.36. The second-order valence-corrected chi connectivity index (χ2v) is 7.71. The molecule has 0 saturated carbocycles. The minimum absolute atomic E-state index is 0. The topological polar surface area (TPSA) is 55.2 Å². The lowest BCUT2D eigenvalue weighted by Crippen LogP contribution is -2.58. The molecular weight excluding hydrogens is 376 g/mol. The van der Waals surface area contributed by atoms with Crippen molar-refractivity contribution in [3.8, 4) is 5.69 Å². The van der Waals surface area contributed by atoms with E-state index in [2.05, 4.69) is 39.4 Å². The van der Waals surface area contributed by atoms with Gasteiger partial charge in [0, 0.05) is 32.2 Å². The predicted molar refractivity (Wildman–Crippen MR) is 107 cm³/mol. The monoisotopic (exact) mass is 399 g/mol. The summed E-state index contributed by atoms with van der Waals surface area (Å²) in [6.45, 7) is 5.87. The number of benzene rings is 2. The zero-order valence-corrected chi connectivity index (χ0v) is 16.0. The molecule has 5 rings (SSSR count). The van der Waals surface area contributed by atoms with Gasteiger partial charge in [0.2, 0.25) is 5.95 Å². The third-order valence-electron chi connectivity index (χ3n) is 5.53. The van der Waals surface area contributed by atoms with Crippen molar-refractivity contribution in [2.45, 2.75) is 18.9 Å². The fraction of sp³-hybridized carbons (Fsp3) is 0.333. The Labute approximate surface area is 168 Å². The third kappa shape index (κ3) is 3.61. The van der Waals surface area contributed by atoms with Gasteiger partial charge < -0.3 is 10.1 Å². The van der Waals surface area contributed by atoms with Gasteiger partial charge >= 0.3 is 0 Å². The summed E-state index contributed by atoms with van der Waals surface area (Å²) in [6.07, 6.45) is 1.47. The highest BCUT2D eigenvalue weighted by molar-refractivity contribution is 5.56. The summed E-state index contributed by atoms with van der Waals surface area (Å²) in [5.41, 5.74) is 3.77. The van der Waals surface area contributed by atoms with Gasteiger partial charge in [0.25, 0.3) is 0 Å². The van der Waals surface area contributed by atoms with Crippen molar-refractivity contribution < 1.29 is 14.9 Å². The molecule has 0 amide bonds. The molecule has 0 radical (unpaired) electrons. The second-order valence-electron chi connectivity index (χ2n) is 7.71. The molecule has 2 aromatic carbocycles. The number of hydrogen-bond acceptors (Lipinski definition) is 5. The number of rotatable bonds is 5. The molecule has 2 aliphatic rings. The molecular formula is C21H23F2N5O. The van der Waals surface area contributed by atoms with Gasteiger partial charge in [0.1, 0.15) is 6.33 Å². The number of aromatic nitrogens is 3. The number of ether oxygens (including phenoxy) is 1. The molecule has 6 nitrogen and oxygen atoms in total. The fourth-order valence-electron chi connectivity index (χ4n) is 3.78. The van der Waals surface area contributed by atoms with Gasteiger partial charge in [0.05, 0.1) is 24.9 Å². The lowest BCUT2D eigenvalue weighted by molar-refractivity contribution is -0.0906. The summed E-state index contributed by atoms with van der Waals surface area (Å²) in [5.74, 6) is -0.894. The van der Waals surface area contributed by atoms with Crippen LogP contribution in [0.4, 0.5) is 20.4 Å². The van der Waals surface area contributed by atoms with E-state index in [1.807, 2.05) is 6.07 Å². The van der Waals surface area contributed by atoms with Crippen molar-refractivity contribution in [2.24, 2.45) is 0 Å². The number of nitrogens with one attached hydrogen (secondary N) is 1. The van der Waals surface area contributed by atoms with Crippen LogP contribution in [0.1, 0.15) is 18.5 Å². The first-order valence-corrected chi connectivity index (χ1v) is 9.62. The minimum Gasteiger partial charge on any atom is -0.378 e. The Kier molecular flexibility index (Phi) is 4.52. The summed E-state index contributed by atoms with van der Waals surface area (Å²) in [6, 6.07) is 10.6. The van der Waals surface area contributed by atoms with Crippen molar-refractivity contribution in [1.82, 2.24) is 19.7 Å². The van der Waals surface area contributed by atoms with E-state index in [9.17, 15) is 8.78 Å². The zero-order valence-electron chi connectivity index (χ0n) is 16.0. The van der Waals surface area contributed by atoms with Crippen LogP contribution >= 0.6 is 0 Å². The van der Waals surface area contributed by atoms with E-state index in [1.54, 1.807) is 0 Å². The molecule has 0 spiro atoms. The molecule has 152 valence electrons. The number of aryl methyl sites for hydroxylation is 1. The summed E-state index contributed by atoms with van der Waals surface area (Å²) in [5, 5.41) is 7.54. The maximum atomic E-state index is 13.5. The number of hydrogen-bond donors (Lipinski definition) is 1. The molecule has 1 aromatic heterocycles. The maximum Gasteiger partial charge on any atom is 0.246 e. The van der Waals surface area contributed by atoms with E-state index >= 15 is 0 Å². The molecule has 29 heavy (non-hydrogen) atoms. The van der Waals surface area contributed by atoms with Gasteiger partial charge in [-0.05, 0) is 42.3 Å². The fourth-order valence-corrected chi connectivity index (χ4v) is 3.78. The molecule has 2 aliphatic heterocycles. The van der Waals surface area contributed by atoms with Crippen molar-refractivity contribution >= 4 is 11.6 Å². The van der Waals surface area contributed by atoms with E-state index in [0.29, 0.717) is 23.6 Å². The van der Waals surface area contributed by atoms with Gasteiger partial charge in [-0.15, -0.1) is 5.10 Å². The van der Waals surface area contributed by atoms with E-state index in [4.69, 9.17) is 4.74 Å². The zero-order chi connectivity index (χ0) is 20.0. The molecule has 0 aliphatic carbocycles. The van der Waals surface area contributed by atoms with Gasteiger partial charge in [0.15, 0.2) is 11.6 Å². The van der Waals surface area contributed by atoms with Crippen LogP contribution in [-0.2, 0) is 4.74 Å². The first kappa shape index (κ1) is 18.2. The Balaban J connectivity index is 0.00000218. The molecule has 0 unspecified atom stereocenters. The van der Waals surface area contributed by atoms with Crippen molar-refractivity contribution in [2.75, 3.05) is 31.6 Å². The third-order valence-corrected chi connectivity index (χ3v) is 5.53. The van der Waals surface area contributed by atoms with Crippen molar-refractivity contribution in [3.63, 3.8) is 0 Å². The van der Waals surface area contributed by atoms with Crippen LogP contribution in [0.3, 0.4) is 0 Å². The van der Waals surface area contributed by atoms with Crippen LogP contribution in [-0.4, -0.2) is 52.0 Å². The van der Waals surface area contributed by atoms with E-state index < -0.39 is 11.6 Å². The SMILES string of the molecule is Cc1cc(Nc2ncn(-c3ccc(F)c(F)c3)n2)cc(C2CN(C3COC3)C2)c1.[HH]. The lowest BCUT2D eigenvalue weighted by Gasteiger charge is -2.47. The van der Waals surface area contributed by atoms with Crippen molar-refractivity contribution in [1.29, 1.82) is 0 Å². The van der Waals surface area contributed by atoms with Crippen LogP contribution in [0.2, 0.25) is 0 Å². The minimum atomic E-state index is -0.918. The average Bonchev–Trinajstić information content (AvgIpc) is 3.06. The van der Waals surface area contributed by atoms with Crippen LogP contribution in [0.5, 0.6) is 0 Å². The van der Waals surface area contributed by atoms with Crippen LogP contribution < -0.4 is 5.32 Å². The maximum absolute atomic E-state index is 13.5. The first-order valence-electron chi connectivity index (χ1n) is 9.62. The summed E-state index contributed by atoms with van der Waals surface area (Å²) in [4.78, 5) is 6.70. The largest absolute Gasteiger partial charge is 0.378 e. The Morgan fingerprint density at radius 1 is 1.10 bits per heavy atom. The quantitative estimate of drug-likeness (QED) is 0.710. The predicted octanol–water partition coefficient (Wildman–Crippen LogP) is 3.64. The first-order chi connectivity index (χ1) is 14.0. The van der Waals surface area contributed by atoms with Gasteiger partial charge in [-0.1, -0.05) is 6.07 Å². The summed E-state index contributed by atoms with van der Waals surface area (Å²) >= 11 is 0. The van der Waals surface area contributed by atoms with E-state index in [0.717, 1.165) is 49.7 Å². The Morgan fingerprint density at radius 3 is 2.66 bits per heavy atom. The van der Waals surface area contributed by atoms with Gasteiger partial charge in [-0.25, -0.2) is 13.5 Å². The number of likely N-dealkylation sites (tertiary alicyclic amines) is 1. The molecule has 0 atom stereocenters. The van der Waals surface area contributed by atoms with Gasteiger partial charge in [-0.3, -0.25) is 4.90 Å². The van der Waals surface area contributed by atoms with Crippen LogP contribution in [0.25, 0.3) is 5.69 Å². The van der Waals surface area contributed by atoms with E-state index in [-0.39, 0.29) is 1.43 Å². The molecule has 3 heterocycles. The lowest BCUT2D eigenvalue weighted by atomic mass is 9.88. The molecule has 2 fully saturated rings. The summed E-state index contributed by atoms with van der Waals surface area (Å²) < 4.78 is 33.3. The Hall–Kier alpha value is -2.84. The second kappa shape index (κ2) is 7.20. The molecule has 0 bridgehead atoms. The van der Waals surface area contributed by atoms with Gasteiger partial charge in [-0.2, -0.15) is 4.98 Å². The average molecular weight is 399 g/mol. The molecule has 2 saturated heterocycles. The number of anilines is 2. The summed E-state index contributed by atoms with van der Waals surface area (Å²) in [7, 11) is 0. The standard InChI is InChI=1S/C21H21F2N5O.H2/c1-13-4-14(15-8-27(9-15)18-10-29-11-18)6-16(5-13)25-21-24-12-28(26-21)17-2-3-19(22)20(23)7-17;/h2-7,12,15,18H,8-11H2,1H3,(H,25,26);1H. The van der Waals surface area contributed by atoms with Crippen LogP contribution in [0.15, 0.2) is 42.7 Å². The Morgan fingerprint density at radius 2 is 1.93 bits per heavy atom. The highest BCUT2D eigenvalue weighted by Crippen LogP contribution is 2.33. The number of halogens is 2.